The van der Waals surface area contributed by atoms with Gasteiger partial charge in [0.1, 0.15) is 0 Å². The lowest BCUT2D eigenvalue weighted by Crippen LogP contribution is -2.48. The van der Waals surface area contributed by atoms with Gasteiger partial charge >= 0.3 is 0 Å². The Labute approximate surface area is 154 Å². The summed E-state index contributed by atoms with van der Waals surface area (Å²) in [5.74, 6) is -0.107. The molecule has 2 aromatic rings. The van der Waals surface area contributed by atoms with Crippen molar-refractivity contribution in [3.8, 4) is 0 Å². The zero-order chi connectivity index (χ0) is 17.6. The number of hydrogen-bond acceptors (Lipinski definition) is 3. The van der Waals surface area contributed by atoms with E-state index in [1.807, 2.05) is 12.1 Å². The minimum absolute atomic E-state index is 0.107. The number of halogens is 1. The number of carbonyl (C=O) groups is 1. The highest BCUT2D eigenvalue weighted by atomic mass is 35.5. The Morgan fingerprint density at radius 1 is 1.08 bits per heavy atom. The largest absolute Gasteiger partial charge is 0.369 e. The van der Waals surface area contributed by atoms with Crippen molar-refractivity contribution in [1.29, 1.82) is 0 Å². The Hall–Kier alpha value is -2.04. The zero-order valence-electron chi connectivity index (χ0n) is 14.5. The first-order valence-corrected chi connectivity index (χ1v) is 9.08. The highest BCUT2D eigenvalue weighted by Gasteiger charge is 2.17. The van der Waals surface area contributed by atoms with Crippen molar-refractivity contribution in [3.05, 3.63) is 64.7 Å². The second kappa shape index (κ2) is 8.37. The monoisotopic (exact) mass is 357 g/mol. The highest BCUT2D eigenvalue weighted by molar-refractivity contribution is 6.33. The normalized spacial score (nSPS) is 15.2. The summed E-state index contributed by atoms with van der Waals surface area (Å²) in [6, 6.07) is 15.8. The summed E-state index contributed by atoms with van der Waals surface area (Å²) in [5, 5.41) is 3.45. The van der Waals surface area contributed by atoms with Crippen LogP contribution in [-0.4, -0.2) is 50.1 Å². The van der Waals surface area contributed by atoms with E-state index in [-0.39, 0.29) is 5.91 Å². The summed E-state index contributed by atoms with van der Waals surface area (Å²) < 4.78 is 0. The van der Waals surface area contributed by atoms with Gasteiger partial charge in [-0.3, -0.25) is 9.69 Å². The lowest BCUT2D eigenvalue weighted by molar-refractivity contribution is 0.0948. The lowest BCUT2D eigenvalue weighted by atomic mass is 10.2. The van der Waals surface area contributed by atoms with Gasteiger partial charge in [0.25, 0.3) is 5.91 Å². The van der Waals surface area contributed by atoms with Crippen LogP contribution in [0.4, 0.5) is 5.69 Å². The third kappa shape index (κ3) is 4.74. The Morgan fingerprint density at radius 3 is 2.56 bits per heavy atom. The molecule has 25 heavy (non-hydrogen) atoms. The van der Waals surface area contributed by atoms with E-state index < -0.39 is 0 Å². The summed E-state index contributed by atoms with van der Waals surface area (Å²) >= 11 is 6.06. The van der Waals surface area contributed by atoms with Gasteiger partial charge in [-0.2, -0.15) is 0 Å². The van der Waals surface area contributed by atoms with E-state index in [0.29, 0.717) is 17.1 Å². The van der Waals surface area contributed by atoms with Crippen LogP contribution in [0.25, 0.3) is 0 Å². The minimum atomic E-state index is -0.107. The van der Waals surface area contributed by atoms with Crippen LogP contribution in [0.5, 0.6) is 0 Å². The average Bonchev–Trinajstić information content (AvgIpc) is 2.62. The van der Waals surface area contributed by atoms with Crippen molar-refractivity contribution >= 4 is 23.2 Å². The fourth-order valence-corrected chi connectivity index (χ4v) is 3.34. The fraction of sp³-hybridized carbons (Fsp3) is 0.350. The predicted molar refractivity (Wildman–Crippen MR) is 104 cm³/mol. The van der Waals surface area contributed by atoms with Gasteiger partial charge in [-0.25, -0.2) is 0 Å². The van der Waals surface area contributed by atoms with Gasteiger partial charge in [-0.15, -0.1) is 0 Å². The zero-order valence-corrected chi connectivity index (χ0v) is 15.3. The van der Waals surface area contributed by atoms with E-state index in [4.69, 9.17) is 11.6 Å². The fourth-order valence-electron chi connectivity index (χ4n) is 3.12. The van der Waals surface area contributed by atoms with E-state index in [1.54, 1.807) is 12.1 Å². The summed E-state index contributed by atoms with van der Waals surface area (Å²) in [5.41, 5.74) is 3.13. The van der Waals surface area contributed by atoms with Gasteiger partial charge < -0.3 is 10.2 Å². The number of nitrogens with one attached hydrogen (secondary N) is 1. The van der Waals surface area contributed by atoms with E-state index in [9.17, 15) is 4.79 Å². The summed E-state index contributed by atoms with van der Waals surface area (Å²) in [7, 11) is 0. The summed E-state index contributed by atoms with van der Waals surface area (Å²) in [6.07, 6.45) is 0. The maximum absolute atomic E-state index is 12.2. The molecule has 5 heteroatoms. The molecule has 2 aromatic carbocycles. The van der Waals surface area contributed by atoms with Crippen LogP contribution in [-0.2, 0) is 0 Å². The molecule has 0 saturated carbocycles. The molecule has 1 heterocycles. The Balaban J connectivity index is 1.42. The number of amides is 1. The number of carbonyl (C=O) groups excluding carboxylic acids is 1. The van der Waals surface area contributed by atoms with Crippen molar-refractivity contribution in [2.24, 2.45) is 0 Å². The minimum Gasteiger partial charge on any atom is -0.369 e. The highest BCUT2D eigenvalue weighted by Crippen LogP contribution is 2.18. The summed E-state index contributed by atoms with van der Waals surface area (Å²) in [4.78, 5) is 17.0. The standard InChI is InChI=1S/C20H24ClN3O/c1-16-5-4-6-17(15-16)24-13-11-23(12-14-24)10-9-22-20(25)18-7-2-3-8-19(18)21/h2-8,15H,9-14H2,1H3,(H,22,25). The van der Waals surface area contributed by atoms with Crippen molar-refractivity contribution in [2.75, 3.05) is 44.2 Å². The van der Waals surface area contributed by atoms with Crippen molar-refractivity contribution in [2.45, 2.75) is 6.92 Å². The smallest absolute Gasteiger partial charge is 0.252 e. The third-order valence-electron chi connectivity index (χ3n) is 4.57. The van der Waals surface area contributed by atoms with Crippen LogP contribution in [0, 0.1) is 6.92 Å². The van der Waals surface area contributed by atoms with Crippen molar-refractivity contribution in [1.82, 2.24) is 10.2 Å². The van der Waals surface area contributed by atoms with Gasteiger partial charge in [0.05, 0.1) is 10.6 Å². The van der Waals surface area contributed by atoms with Gasteiger partial charge in [-0.1, -0.05) is 35.9 Å². The average molecular weight is 358 g/mol. The molecular weight excluding hydrogens is 334 g/mol. The molecule has 0 aliphatic carbocycles. The third-order valence-corrected chi connectivity index (χ3v) is 4.90. The molecule has 0 aromatic heterocycles. The predicted octanol–water partition coefficient (Wildman–Crippen LogP) is 3.20. The molecule has 1 saturated heterocycles. The topological polar surface area (TPSA) is 35.6 Å². The maximum Gasteiger partial charge on any atom is 0.252 e. The van der Waals surface area contributed by atoms with Gasteiger partial charge in [0, 0.05) is 45.0 Å². The van der Waals surface area contributed by atoms with Crippen LogP contribution in [0.15, 0.2) is 48.5 Å². The molecule has 132 valence electrons. The number of benzene rings is 2. The second-order valence-electron chi connectivity index (χ2n) is 6.40. The molecule has 1 N–H and O–H groups in total. The Morgan fingerprint density at radius 2 is 1.84 bits per heavy atom. The van der Waals surface area contributed by atoms with Crippen LogP contribution in [0.3, 0.4) is 0 Å². The van der Waals surface area contributed by atoms with Gasteiger partial charge in [-0.05, 0) is 36.8 Å². The number of nitrogens with zero attached hydrogens (tertiary/aromatic N) is 2. The Bertz CT molecular complexity index is 726. The Kier molecular flexibility index (Phi) is 5.95. The van der Waals surface area contributed by atoms with E-state index >= 15 is 0 Å². The maximum atomic E-state index is 12.2. The van der Waals surface area contributed by atoms with Gasteiger partial charge in [0.2, 0.25) is 0 Å². The van der Waals surface area contributed by atoms with E-state index in [0.717, 1.165) is 32.7 Å². The number of anilines is 1. The molecule has 1 aliphatic rings. The van der Waals surface area contributed by atoms with Crippen LogP contribution in [0.2, 0.25) is 5.02 Å². The number of rotatable bonds is 5. The molecule has 0 radical (unpaired) electrons. The van der Waals surface area contributed by atoms with E-state index in [2.05, 4.69) is 46.3 Å². The SMILES string of the molecule is Cc1cccc(N2CCN(CCNC(=O)c3ccccc3Cl)CC2)c1. The first kappa shape index (κ1) is 17.8. The first-order valence-electron chi connectivity index (χ1n) is 8.70. The van der Waals surface area contributed by atoms with Gasteiger partial charge in [0.15, 0.2) is 0 Å². The molecule has 0 bridgehead atoms. The molecule has 1 aliphatic heterocycles. The molecule has 1 fully saturated rings. The van der Waals surface area contributed by atoms with Crippen molar-refractivity contribution < 1.29 is 4.79 Å². The molecular formula is C20H24ClN3O. The number of hydrogen-bond donors (Lipinski definition) is 1. The molecule has 4 nitrogen and oxygen atoms in total. The van der Waals surface area contributed by atoms with E-state index in [1.165, 1.54) is 11.3 Å². The molecule has 0 spiro atoms. The number of piperazine rings is 1. The van der Waals surface area contributed by atoms with Crippen molar-refractivity contribution in [3.63, 3.8) is 0 Å². The number of aryl methyl sites for hydroxylation is 1. The van der Waals surface area contributed by atoms with Crippen LogP contribution >= 0.6 is 11.6 Å². The molecule has 1 amide bonds. The molecule has 0 unspecified atom stereocenters. The lowest BCUT2D eigenvalue weighted by Gasteiger charge is -2.36. The van der Waals surface area contributed by atoms with Crippen LogP contribution in [0.1, 0.15) is 15.9 Å². The first-order chi connectivity index (χ1) is 12.1. The van der Waals surface area contributed by atoms with Crippen LogP contribution < -0.4 is 10.2 Å². The molecule has 0 atom stereocenters. The quantitative estimate of drug-likeness (QED) is 0.892. The summed E-state index contributed by atoms with van der Waals surface area (Å²) in [6.45, 7) is 7.67. The molecule has 3 rings (SSSR count). The second-order valence-corrected chi connectivity index (χ2v) is 6.81.